The molecule has 0 fully saturated rings. The molecule has 0 saturated heterocycles. The van der Waals surface area contributed by atoms with E-state index in [2.05, 4.69) is 20.6 Å². The molecule has 0 saturated carbocycles. The molecule has 1 aromatic heterocycles. The Labute approximate surface area is 147 Å². The molecule has 1 heterocycles. The van der Waals surface area contributed by atoms with Crippen LogP contribution in [0.4, 0.5) is 5.95 Å². The van der Waals surface area contributed by atoms with Crippen LogP contribution in [-0.2, 0) is 11.2 Å². The Morgan fingerprint density at radius 1 is 1.04 bits per heavy atom. The van der Waals surface area contributed by atoms with E-state index in [1.807, 2.05) is 30.3 Å². The van der Waals surface area contributed by atoms with Crippen LogP contribution < -0.4 is 16.4 Å². The number of aryl methyl sites for hydroxylation is 1. The molecule has 0 bridgehead atoms. The Balaban J connectivity index is 1.55. The van der Waals surface area contributed by atoms with Crippen LogP contribution in [0.3, 0.4) is 0 Å². The first-order valence-corrected chi connectivity index (χ1v) is 8.32. The number of nitrogens with zero attached hydrogens (tertiary/aromatic N) is 2. The van der Waals surface area contributed by atoms with Crippen molar-refractivity contribution >= 4 is 17.8 Å². The van der Waals surface area contributed by atoms with Gasteiger partial charge < -0.3 is 16.4 Å². The van der Waals surface area contributed by atoms with E-state index in [0.29, 0.717) is 25.5 Å². The van der Waals surface area contributed by atoms with Gasteiger partial charge in [0.05, 0.1) is 0 Å². The lowest BCUT2D eigenvalue weighted by molar-refractivity contribution is -0.121. The standard InChI is InChI=1S/C18H23N5O2/c19-17(25)15-10-13-22-18(23-15)21-12-5-4-11-20-16(24)9-8-14-6-2-1-3-7-14/h1-3,6-7,10,13H,4-5,8-9,11-12H2,(H2,19,25)(H,20,24)(H,21,22,23). The Bertz CT molecular complexity index is 691. The average Bonchev–Trinajstić information content (AvgIpc) is 2.64. The lowest BCUT2D eigenvalue weighted by Gasteiger charge is -2.07. The summed E-state index contributed by atoms with van der Waals surface area (Å²) in [4.78, 5) is 30.8. The molecule has 7 heteroatoms. The first-order valence-electron chi connectivity index (χ1n) is 8.32. The van der Waals surface area contributed by atoms with Crippen molar-refractivity contribution < 1.29 is 9.59 Å². The van der Waals surface area contributed by atoms with Gasteiger partial charge in [-0.05, 0) is 30.9 Å². The minimum absolute atomic E-state index is 0.0642. The molecule has 2 amide bonds. The second-order valence-corrected chi connectivity index (χ2v) is 5.60. The van der Waals surface area contributed by atoms with Crippen LogP contribution in [-0.4, -0.2) is 34.9 Å². The lowest BCUT2D eigenvalue weighted by atomic mass is 10.1. The highest BCUT2D eigenvalue weighted by Crippen LogP contribution is 2.02. The van der Waals surface area contributed by atoms with E-state index in [-0.39, 0.29) is 11.6 Å². The summed E-state index contributed by atoms with van der Waals surface area (Å²) in [5.74, 6) is -0.138. The number of carbonyl (C=O) groups is 2. The summed E-state index contributed by atoms with van der Waals surface area (Å²) < 4.78 is 0. The maximum atomic E-state index is 11.8. The fraction of sp³-hybridized carbons (Fsp3) is 0.333. The van der Waals surface area contributed by atoms with Crippen molar-refractivity contribution in [3.8, 4) is 0 Å². The summed E-state index contributed by atoms with van der Waals surface area (Å²) in [6.45, 7) is 1.29. The second kappa shape index (κ2) is 10.0. The van der Waals surface area contributed by atoms with Gasteiger partial charge in [-0.2, -0.15) is 0 Å². The number of rotatable bonds is 10. The number of amides is 2. The van der Waals surface area contributed by atoms with E-state index in [1.165, 1.54) is 17.8 Å². The molecular formula is C18H23N5O2. The Hall–Kier alpha value is -2.96. The number of primary amides is 1. The smallest absolute Gasteiger partial charge is 0.267 e. The SMILES string of the molecule is NC(=O)c1ccnc(NCCCCNC(=O)CCc2ccccc2)n1. The highest BCUT2D eigenvalue weighted by Gasteiger charge is 2.04. The Morgan fingerprint density at radius 2 is 1.80 bits per heavy atom. The third-order valence-electron chi connectivity index (χ3n) is 3.60. The van der Waals surface area contributed by atoms with Crippen LogP contribution in [0, 0.1) is 0 Å². The molecule has 0 aliphatic heterocycles. The van der Waals surface area contributed by atoms with Gasteiger partial charge in [0.2, 0.25) is 11.9 Å². The first kappa shape index (κ1) is 18.4. The summed E-state index contributed by atoms with van der Waals surface area (Å²) in [6, 6.07) is 11.4. The van der Waals surface area contributed by atoms with Crippen molar-refractivity contribution in [3.63, 3.8) is 0 Å². The molecule has 7 nitrogen and oxygen atoms in total. The van der Waals surface area contributed by atoms with Crippen LogP contribution in [0.1, 0.15) is 35.3 Å². The van der Waals surface area contributed by atoms with Gasteiger partial charge in [0, 0.05) is 25.7 Å². The number of nitrogens with two attached hydrogens (primary N) is 1. The number of nitrogens with one attached hydrogen (secondary N) is 2. The third-order valence-corrected chi connectivity index (χ3v) is 3.60. The largest absolute Gasteiger partial charge is 0.364 e. The van der Waals surface area contributed by atoms with Crippen LogP contribution >= 0.6 is 0 Å². The van der Waals surface area contributed by atoms with Gasteiger partial charge in [-0.3, -0.25) is 9.59 Å². The lowest BCUT2D eigenvalue weighted by Crippen LogP contribution is -2.25. The third kappa shape index (κ3) is 6.99. The Morgan fingerprint density at radius 3 is 2.56 bits per heavy atom. The van der Waals surface area contributed by atoms with Crippen molar-refractivity contribution in [2.45, 2.75) is 25.7 Å². The summed E-state index contributed by atoms with van der Waals surface area (Å²) in [7, 11) is 0. The van der Waals surface area contributed by atoms with E-state index in [0.717, 1.165) is 19.3 Å². The van der Waals surface area contributed by atoms with Crippen molar-refractivity contribution in [2.24, 2.45) is 5.73 Å². The van der Waals surface area contributed by atoms with Gasteiger partial charge in [0.15, 0.2) is 0 Å². The van der Waals surface area contributed by atoms with Crippen molar-refractivity contribution in [1.29, 1.82) is 0 Å². The molecule has 132 valence electrons. The Kier molecular flexibility index (Phi) is 7.37. The molecule has 1 aromatic carbocycles. The van der Waals surface area contributed by atoms with E-state index < -0.39 is 5.91 Å². The topological polar surface area (TPSA) is 110 Å². The summed E-state index contributed by atoms with van der Waals surface area (Å²) in [5, 5.41) is 5.95. The number of hydrogen-bond acceptors (Lipinski definition) is 5. The number of aromatic nitrogens is 2. The second-order valence-electron chi connectivity index (χ2n) is 5.60. The van der Waals surface area contributed by atoms with E-state index >= 15 is 0 Å². The highest BCUT2D eigenvalue weighted by atomic mass is 16.2. The van der Waals surface area contributed by atoms with Gasteiger partial charge >= 0.3 is 0 Å². The number of carbonyl (C=O) groups excluding carboxylic acids is 2. The highest BCUT2D eigenvalue weighted by molar-refractivity contribution is 5.90. The number of benzene rings is 1. The van der Waals surface area contributed by atoms with Gasteiger partial charge in [-0.25, -0.2) is 9.97 Å². The van der Waals surface area contributed by atoms with E-state index in [1.54, 1.807) is 0 Å². The number of anilines is 1. The van der Waals surface area contributed by atoms with Gasteiger partial charge in [0.1, 0.15) is 5.69 Å². The molecule has 0 aliphatic rings. The van der Waals surface area contributed by atoms with Gasteiger partial charge in [-0.15, -0.1) is 0 Å². The van der Waals surface area contributed by atoms with E-state index in [4.69, 9.17) is 5.73 Å². The first-order chi connectivity index (χ1) is 12.1. The van der Waals surface area contributed by atoms with Gasteiger partial charge in [0.25, 0.3) is 5.91 Å². The van der Waals surface area contributed by atoms with Crippen molar-refractivity contribution in [1.82, 2.24) is 15.3 Å². The molecule has 0 aliphatic carbocycles. The minimum Gasteiger partial charge on any atom is -0.364 e. The zero-order valence-corrected chi connectivity index (χ0v) is 14.1. The van der Waals surface area contributed by atoms with Crippen LogP contribution in [0.5, 0.6) is 0 Å². The molecule has 0 spiro atoms. The maximum absolute atomic E-state index is 11.8. The fourth-order valence-corrected chi connectivity index (χ4v) is 2.25. The maximum Gasteiger partial charge on any atom is 0.267 e. The predicted molar refractivity (Wildman–Crippen MR) is 96.0 cm³/mol. The molecule has 0 radical (unpaired) electrons. The summed E-state index contributed by atoms with van der Waals surface area (Å²) in [6.07, 6.45) is 4.43. The van der Waals surface area contributed by atoms with Crippen molar-refractivity contribution in [3.05, 3.63) is 53.9 Å². The molecule has 2 rings (SSSR count). The van der Waals surface area contributed by atoms with Crippen LogP contribution in [0.15, 0.2) is 42.6 Å². The zero-order valence-electron chi connectivity index (χ0n) is 14.1. The van der Waals surface area contributed by atoms with E-state index in [9.17, 15) is 9.59 Å². The normalized spacial score (nSPS) is 10.2. The zero-order chi connectivity index (χ0) is 17.9. The average molecular weight is 341 g/mol. The van der Waals surface area contributed by atoms with Crippen molar-refractivity contribution in [2.75, 3.05) is 18.4 Å². The number of unbranched alkanes of at least 4 members (excludes halogenated alkanes) is 1. The quantitative estimate of drug-likeness (QED) is 0.568. The van der Waals surface area contributed by atoms with Crippen LogP contribution in [0.2, 0.25) is 0 Å². The fourth-order valence-electron chi connectivity index (χ4n) is 2.25. The molecule has 0 unspecified atom stereocenters. The monoisotopic (exact) mass is 341 g/mol. The van der Waals surface area contributed by atoms with Gasteiger partial charge in [-0.1, -0.05) is 30.3 Å². The molecule has 4 N–H and O–H groups in total. The molecule has 25 heavy (non-hydrogen) atoms. The summed E-state index contributed by atoms with van der Waals surface area (Å²) >= 11 is 0. The predicted octanol–water partition coefficient (Wildman–Crippen LogP) is 1.52. The number of hydrogen-bond donors (Lipinski definition) is 3. The molecule has 2 aromatic rings. The molecular weight excluding hydrogens is 318 g/mol. The van der Waals surface area contributed by atoms with Crippen LogP contribution in [0.25, 0.3) is 0 Å². The minimum atomic E-state index is -0.580. The summed E-state index contributed by atoms with van der Waals surface area (Å²) in [5.41, 5.74) is 6.52. The molecule has 0 atom stereocenters.